The first-order valence-electron chi connectivity index (χ1n) is 14.3. The first kappa shape index (κ1) is 33.1. The predicted molar refractivity (Wildman–Crippen MR) is 164 cm³/mol. The Morgan fingerprint density at radius 1 is 1.13 bits per heavy atom. The third kappa shape index (κ3) is 7.84. The van der Waals surface area contributed by atoms with Crippen molar-refractivity contribution < 1.29 is 28.7 Å². The van der Waals surface area contributed by atoms with Crippen molar-refractivity contribution in [2.45, 2.75) is 19.3 Å². The molecule has 45 heavy (non-hydrogen) atoms. The molecule has 5 rings (SSSR count). The topological polar surface area (TPSA) is 161 Å². The lowest BCUT2D eigenvalue weighted by Gasteiger charge is -2.37. The normalized spacial score (nSPS) is 15.0. The number of hydrogen-bond donors (Lipinski definition) is 3. The van der Waals surface area contributed by atoms with E-state index in [1.165, 1.54) is 22.9 Å². The summed E-state index contributed by atoms with van der Waals surface area (Å²) in [5.41, 5.74) is 1.89. The van der Waals surface area contributed by atoms with E-state index in [9.17, 15) is 18.8 Å². The number of nitrogens with one attached hydrogen (secondary N) is 2. The van der Waals surface area contributed by atoms with Crippen molar-refractivity contribution >= 4 is 41.5 Å². The Bertz CT molecular complexity index is 1610. The van der Waals surface area contributed by atoms with E-state index in [0.29, 0.717) is 48.7 Å². The van der Waals surface area contributed by atoms with Gasteiger partial charge in [0.05, 0.1) is 35.0 Å². The van der Waals surface area contributed by atoms with Crippen molar-refractivity contribution in [3.05, 3.63) is 70.4 Å². The number of hydrogen-bond acceptors (Lipinski definition) is 7. The average Bonchev–Trinajstić information content (AvgIpc) is 3.42. The highest BCUT2D eigenvalue weighted by Crippen LogP contribution is 2.27. The lowest BCUT2D eigenvalue weighted by Crippen LogP contribution is -2.52. The Balaban J connectivity index is 0.00000148. The molecule has 0 saturated carbocycles. The number of anilines is 1. The molecule has 14 heteroatoms. The van der Waals surface area contributed by atoms with Gasteiger partial charge in [0.2, 0.25) is 5.91 Å². The first-order chi connectivity index (χ1) is 21.7. The van der Waals surface area contributed by atoms with Gasteiger partial charge in [-0.25, -0.2) is 9.37 Å². The molecule has 0 atom stereocenters. The SMILES string of the molecule is Cn1c(-c2ccc(CC#N)cc2F)cnc1C(=O)Nc1ccc(C(=O)N2CCN(C(=O)C3CCNCC3)CC2)c(Cl)c1.O=CO. The molecule has 2 aliphatic rings. The summed E-state index contributed by atoms with van der Waals surface area (Å²) in [7, 11) is 1.61. The van der Waals surface area contributed by atoms with Gasteiger partial charge in [-0.1, -0.05) is 17.7 Å². The number of nitriles is 1. The van der Waals surface area contributed by atoms with E-state index >= 15 is 0 Å². The molecule has 2 fully saturated rings. The minimum absolute atomic E-state index is 0.0471. The summed E-state index contributed by atoms with van der Waals surface area (Å²) in [6, 6.07) is 11.2. The number of carbonyl (C=O) groups is 4. The van der Waals surface area contributed by atoms with Crippen LogP contribution in [0, 0.1) is 23.1 Å². The largest absolute Gasteiger partial charge is 0.483 e. The zero-order valence-electron chi connectivity index (χ0n) is 24.6. The second-order valence-corrected chi connectivity index (χ2v) is 11.0. The van der Waals surface area contributed by atoms with Gasteiger partial charge in [0.1, 0.15) is 5.82 Å². The van der Waals surface area contributed by atoms with Gasteiger partial charge in [0, 0.05) is 50.4 Å². The number of piperidine rings is 1. The molecule has 12 nitrogen and oxygen atoms in total. The summed E-state index contributed by atoms with van der Waals surface area (Å²) in [6.07, 6.45) is 3.19. The highest BCUT2D eigenvalue weighted by Gasteiger charge is 2.30. The summed E-state index contributed by atoms with van der Waals surface area (Å²) in [6.45, 7) is 3.28. The van der Waals surface area contributed by atoms with Gasteiger partial charge in [0.15, 0.2) is 5.82 Å². The lowest BCUT2D eigenvalue weighted by atomic mass is 9.96. The molecule has 3 heterocycles. The maximum absolute atomic E-state index is 14.7. The highest BCUT2D eigenvalue weighted by atomic mass is 35.5. The second-order valence-electron chi connectivity index (χ2n) is 10.6. The molecule has 0 bridgehead atoms. The Morgan fingerprint density at radius 2 is 1.80 bits per heavy atom. The van der Waals surface area contributed by atoms with Crippen molar-refractivity contribution in [2.75, 3.05) is 44.6 Å². The third-order valence-electron chi connectivity index (χ3n) is 7.81. The average molecular weight is 638 g/mol. The van der Waals surface area contributed by atoms with Gasteiger partial charge < -0.3 is 30.1 Å². The van der Waals surface area contributed by atoms with Gasteiger partial charge in [-0.15, -0.1) is 0 Å². The second kappa shape index (κ2) is 15.3. The van der Waals surface area contributed by atoms with Gasteiger partial charge in [-0.2, -0.15) is 5.26 Å². The molecule has 3 aromatic rings. The molecule has 2 saturated heterocycles. The molecular formula is C31H33ClFN7O5. The van der Waals surface area contributed by atoms with Crippen LogP contribution in [-0.2, 0) is 23.1 Å². The number of amides is 3. The van der Waals surface area contributed by atoms with Crippen molar-refractivity contribution in [1.82, 2.24) is 24.7 Å². The molecule has 236 valence electrons. The fraction of sp³-hybridized carbons (Fsp3) is 0.355. The zero-order chi connectivity index (χ0) is 32.5. The molecule has 0 aliphatic carbocycles. The number of carboxylic acid groups (broad SMARTS) is 1. The number of carbonyl (C=O) groups excluding carboxylic acids is 3. The minimum atomic E-state index is -0.532. The van der Waals surface area contributed by atoms with Crippen molar-refractivity contribution in [3.8, 4) is 17.3 Å². The fourth-order valence-corrected chi connectivity index (χ4v) is 5.68. The zero-order valence-corrected chi connectivity index (χ0v) is 25.4. The number of rotatable bonds is 6. The Labute approximate surface area is 264 Å². The van der Waals surface area contributed by atoms with Crippen LogP contribution in [0.2, 0.25) is 5.02 Å². The van der Waals surface area contributed by atoms with Crippen molar-refractivity contribution in [3.63, 3.8) is 0 Å². The van der Waals surface area contributed by atoms with E-state index in [4.69, 9.17) is 26.8 Å². The van der Waals surface area contributed by atoms with E-state index in [0.717, 1.165) is 25.9 Å². The molecule has 0 spiro atoms. The van der Waals surface area contributed by atoms with Gasteiger partial charge >= 0.3 is 0 Å². The van der Waals surface area contributed by atoms with Crippen LogP contribution in [0.4, 0.5) is 10.1 Å². The van der Waals surface area contributed by atoms with E-state index in [1.807, 2.05) is 11.0 Å². The van der Waals surface area contributed by atoms with Crippen LogP contribution in [0.3, 0.4) is 0 Å². The summed E-state index contributed by atoms with van der Waals surface area (Å²) in [5, 5.41) is 21.9. The summed E-state index contributed by atoms with van der Waals surface area (Å²) in [5.74, 6) is -1.01. The molecule has 0 radical (unpaired) electrons. The smallest absolute Gasteiger partial charge is 0.291 e. The van der Waals surface area contributed by atoms with Crippen molar-refractivity contribution in [2.24, 2.45) is 13.0 Å². The minimum Gasteiger partial charge on any atom is -0.483 e. The number of imidazole rings is 1. The van der Waals surface area contributed by atoms with Crippen LogP contribution >= 0.6 is 11.6 Å². The van der Waals surface area contributed by atoms with Gasteiger partial charge in [-0.3, -0.25) is 19.2 Å². The number of nitrogens with zero attached hydrogens (tertiary/aromatic N) is 5. The van der Waals surface area contributed by atoms with E-state index in [2.05, 4.69) is 15.6 Å². The first-order valence-corrected chi connectivity index (χ1v) is 14.7. The quantitative estimate of drug-likeness (QED) is 0.347. The van der Waals surface area contributed by atoms with Crippen molar-refractivity contribution in [1.29, 1.82) is 5.26 Å². The Hall–Kier alpha value is -4.80. The van der Waals surface area contributed by atoms with Gasteiger partial charge in [-0.05, 0) is 61.8 Å². The molecular weight excluding hydrogens is 605 g/mol. The van der Waals surface area contributed by atoms with Crippen LogP contribution in [0.15, 0.2) is 42.6 Å². The molecule has 0 unspecified atom stereocenters. The lowest BCUT2D eigenvalue weighted by molar-refractivity contribution is -0.137. The van der Waals surface area contributed by atoms with Crippen LogP contribution in [0.1, 0.15) is 39.4 Å². The predicted octanol–water partition coefficient (Wildman–Crippen LogP) is 3.18. The monoisotopic (exact) mass is 637 g/mol. The van der Waals surface area contributed by atoms with E-state index < -0.39 is 11.7 Å². The Kier molecular flexibility index (Phi) is 11.2. The summed E-state index contributed by atoms with van der Waals surface area (Å²) in [4.78, 5) is 55.1. The van der Waals surface area contributed by atoms with Crippen LogP contribution in [0.5, 0.6) is 0 Å². The number of aromatic nitrogens is 2. The van der Waals surface area contributed by atoms with Gasteiger partial charge in [0.25, 0.3) is 18.3 Å². The molecule has 3 N–H and O–H groups in total. The van der Waals surface area contributed by atoms with E-state index in [-0.39, 0.29) is 47.0 Å². The molecule has 1 aromatic heterocycles. The number of benzene rings is 2. The van der Waals surface area contributed by atoms with Crippen LogP contribution in [-0.4, -0.2) is 87.9 Å². The molecule has 2 aromatic carbocycles. The Morgan fingerprint density at radius 3 is 2.42 bits per heavy atom. The molecule has 2 aliphatic heterocycles. The third-order valence-corrected chi connectivity index (χ3v) is 8.12. The summed E-state index contributed by atoms with van der Waals surface area (Å²) >= 11 is 6.47. The number of piperazine rings is 1. The summed E-state index contributed by atoms with van der Waals surface area (Å²) < 4.78 is 16.2. The number of halogens is 2. The maximum Gasteiger partial charge on any atom is 0.291 e. The van der Waals surface area contributed by atoms with Crippen LogP contribution in [0.25, 0.3) is 11.3 Å². The van der Waals surface area contributed by atoms with Crippen LogP contribution < -0.4 is 10.6 Å². The molecule has 3 amide bonds. The highest BCUT2D eigenvalue weighted by molar-refractivity contribution is 6.34. The fourth-order valence-electron chi connectivity index (χ4n) is 5.42. The standard InChI is InChI=1S/C30H31ClFN7O3.CH2O2/c1-37-26(23-4-2-19(6-9-33)16-25(23)32)18-35-27(37)28(40)36-21-3-5-22(24(31)17-21)30(42)39-14-12-38(13-15-39)29(41)20-7-10-34-11-8-20;2-1-3/h2-5,16-18,20,34H,6-8,10-15H2,1H3,(H,36,40);1H,(H,2,3). The maximum atomic E-state index is 14.7. The van der Waals surface area contributed by atoms with E-state index in [1.54, 1.807) is 36.2 Å².